The van der Waals surface area contributed by atoms with Crippen LogP contribution >= 0.6 is 0 Å². The maximum Gasteiger partial charge on any atom is 0.321 e. The summed E-state index contributed by atoms with van der Waals surface area (Å²) in [4.78, 5) is 10.8. The summed E-state index contributed by atoms with van der Waals surface area (Å²) < 4.78 is 25.9. The molecule has 0 aliphatic heterocycles. The molecule has 0 unspecified atom stereocenters. The van der Waals surface area contributed by atoms with Crippen molar-refractivity contribution in [3.8, 4) is 0 Å². The van der Waals surface area contributed by atoms with Gasteiger partial charge >= 0.3 is 5.97 Å². The number of carboxylic acids is 1. The minimum absolute atomic E-state index is 0.00619. The first-order valence-corrected chi connectivity index (χ1v) is 6.78. The van der Waals surface area contributed by atoms with Crippen molar-refractivity contribution in [2.75, 3.05) is 6.61 Å². The van der Waals surface area contributed by atoms with Crippen molar-refractivity contribution in [3.63, 3.8) is 0 Å². The lowest BCUT2D eigenvalue weighted by molar-refractivity contribution is -0.139. The van der Waals surface area contributed by atoms with Gasteiger partial charge in [0.05, 0.1) is 4.90 Å². The monoisotopic (exact) mass is 273 g/mol. The predicted octanol–water partition coefficient (Wildman–Crippen LogP) is 0.109. The Bertz CT molecular complexity index is 526. The zero-order valence-corrected chi connectivity index (χ0v) is 10.6. The Morgan fingerprint density at radius 3 is 2.61 bits per heavy atom. The number of rotatable bonds is 6. The van der Waals surface area contributed by atoms with E-state index in [0.717, 1.165) is 5.56 Å². The highest BCUT2D eigenvalue weighted by Gasteiger charge is 2.24. The van der Waals surface area contributed by atoms with Gasteiger partial charge in [0.2, 0.25) is 10.0 Å². The molecule has 0 aliphatic rings. The second-order valence-electron chi connectivity index (χ2n) is 3.84. The summed E-state index contributed by atoms with van der Waals surface area (Å²) in [6.45, 7) is 1.33. The van der Waals surface area contributed by atoms with Crippen LogP contribution in [-0.4, -0.2) is 37.2 Å². The Hall–Kier alpha value is -1.44. The van der Waals surface area contributed by atoms with E-state index in [4.69, 9.17) is 10.2 Å². The molecule has 0 amide bonds. The van der Waals surface area contributed by atoms with Crippen molar-refractivity contribution in [1.29, 1.82) is 0 Å². The highest BCUT2D eigenvalue weighted by atomic mass is 32.2. The van der Waals surface area contributed by atoms with Gasteiger partial charge in [-0.1, -0.05) is 12.1 Å². The largest absolute Gasteiger partial charge is 0.480 e. The molecule has 0 aliphatic carbocycles. The van der Waals surface area contributed by atoms with E-state index in [-0.39, 0.29) is 11.3 Å². The average Bonchev–Trinajstić information content (AvgIpc) is 2.28. The fourth-order valence-corrected chi connectivity index (χ4v) is 2.73. The first-order valence-electron chi connectivity index (χ1n) is 5.29. The van der Waals surface area contributed by atoms with Crippen molar-refractivity contribution >= 4 is 16.0 Å². The minimum Gasteiger partial charge on any atom is -0.480 e. The van der Waals surface area contributed by atoms with Crippen molar-refractivity contribution in [3.05, 3.63) is 29.8 Å². The number of aliphatic hydroxyl groups is 1. The van der Waals surface area contributed by atoms with Crippen LogP contribution in [0.25, 0.3) is 0 Å². The molecule has 0 spiro atoms. The van der Waals surface area contributed by atoms with Crippen molar-refractivity contribution in [1.82, 2.24) is 4.72 Å². The number of hydrogen-bond acceptors (Lipinski definition) is 4. The smallest absolute Gasteiger partial charge is 0.321 e. The molecule has 0 bridgehead atoms. The molecule has 0 fully saturated rings. The zero-order chi connectivity index (χ0) is 13.8. The third-order valence-corrected chi connectivity index (χ3v) is 3.78. The second kappa shape index (κ2) is 5.94. The van der Waals surface area contributed by atoms with Crippen LogP contribution in [0.4, 0.5) is 0 Å². The number of carboxylic acid groups (broad SMARTS) is 1. The normalized spacial score (nSPS) is 13.2. The van der Waals surface area contributed by atoms with Gasteiger partial charge in [0.15, 0.2) is 0 Å². The van der Waals surface area contributed by atoms with Gasteiger partial charge in [0, 0.05) is 6.61 Å². The zero-order valence-electron chi connectivity index (χ0n) is 9.83. The Morgan fingerprint density at radius 1 is 1.44 bits per heavy atom. The summed E-state index contributed by atoms with van der Waals surface area (Å²) in [5, 5.41) is 17.5. The standard InChI is InChI=1S/C11H15NO5S/c1-8-3-2-4-9(7-8)18(16,17)12-10(5-6-13)11(14)15/h2-4,7,10,12-13H,5-6H2,1H3,(H,14,15)/t10-/m0/s1. The Balaban J connectivity index is 2.97. The number of sulfonamides is 1. The van der Waals surface area contributed by atoms with Gasteiger partial charge in [-0.05, 0) is 31.0 Å². The van der Waals surface area contributed by atoms with Gasteiger partial charge in [-0.15, -0.1) is 0 Å². The van der Waals surface area contributed by atoms with E-state index in [9.17, 15) is 13.2 Å². The molecule has 0 heterocycles. The third-order valence-electron chi connectivity index (χ3n) is 2.31. The van der Waals surface area contributed by atoms with E-state index < -0.39 is 28.6 Å². The van der Waals surface area contributed by atoms with Gasteiger partial charge < -0.3 is 10.2 Å². The first-order chi connectivity index (χ1) is 8.36. The van der Waals surface area contributed by atoms with Crippen molar-refractivity contribution < 1.29 is 23.4 Å². The summed E-state index contributed by atoms with van der Waals surface area (Å²) in [7, 11) is -3.89. The van der Waals surface area contributed by atoms with Crippen molar-refractivity contribution in [2.24, 2.45) is 0 Å². The number of carbonyl (C=O) groups is 1. The van der Waals surface area contributed by atoms with Crippen LogP contribution in [0.5, 0.6) is 0 Å². The Kier molecular flexibility index (Phi) is 4.83. The van der Waals surface area contributed by atoms with Crippen LogP contribution in [0.15, 0.2) is 29.2 Å². The quantitative estimate of drug-likeness (QED) is 0.682. The molecule has 100 valence electrons. The fraction of sp³-hybridized carbons (Fsp3) is 0.364. The molecule has 0 aromatic heterocycles. The number of hydrogen-bond donors (Lipinski definition) is 3. The molecular formula is C11H15NO5S. The SMILES string of the molecule is Cc1cccc(S(=O)(=O)N[C@@H](CCO)C(=O)O)c1. The topological polar surface area (TPSA) is 104 Å². The fourth-order valence-electron chi connectivity index (χ4n) is 1.40. The number of nitrogens with one attached hydrogen (secondary N) is 1. The minimum atomic E-state index is -3.89. The van der Waals surface area contributed by atoms with Crippen LogP contribution in [-0.2, 0) is 14.8 Å². The molecule has 7 heteroatoms. The van der Waals surface area contributed by atoms with Crippen LogP contribution in [0.3, 0.4) is 0 Å². The van der Waals surface area contributed by atoms with Gasteiger partial charge in [-0.2, -0.15) is 4.72 Å². The van der Waals surface area contributed by atoms with Crippen LogP contribution in [0.1, 0.15) is 12.0 Å². The molecule has 1 aromatic rings. The van der Waals surface area contributed by atoms with E-state index in [1.807, 2.05) is 4.72 Å². The molecule has 18 heavy (non-hydrogen) atoms. The molecule has 1 aromatic carbocycles. The lowest BCUT2D eigenvalue weighted by atomic mass is 10.2. The molecule has 3 N–H and O–H groups in total. The van der Waals surface area contributed by atoms with Crippen LogP contribution in [0.2, 0.25) is 0 Å². The lowest BCUT2D eigenvalue weighted by Crippen LogP contribution is -2.41. The number of aliphatic hydroxyl groups excluding tert-OH is 1. The van der Waals surface area contributed by atoms with Crippen LogP contribution < -0.4 is 4.72 Å². The molecule has 0 radical (unpaired) electrons. The summed E-state index contributed by atoms with van der Waals surface area (Å²) in [5.41, 5.74) is 0.756. The maximum absolute atomic E-state index is 11.9. The number of aliphatic carboxylic acids is 1. The second-order valence-corrected chi connectivity index (χ2v) is 5.55. The summed E-state index contributed by atoms with van der Waals surface area (Å²) >= 11 is 0. The first kappa shape index (κ1) is 14.6. The predicted molar refractivity (Wildman–Crippen MR) is 64.6 cm³/mol. The molecule has 0 saturated carbocycles. The van der Waals surface area contributed by atoms with E-state index in [1.54, 1.807) is 19.1 Å². The maximum atomic E-state index is 11.9. The number of aryl methyl sites for hydroxylation is 1. The van der Waals surface area contributed by atoms with E-state index in [2.05, 4.69) is 0 Å². The molecular weight excluding hydrogens is 258 g/mol. The van der Waals surface area contributed by atoms with Gasteiger partial charge in [-0.25, -0.2) is 8.42 Å². The summed E-state index contributed by atoms with van der Waals surface area (Å²) in [5.74, 6) is -1.32. The highest BCUT2D eigenvalue weighted by molar-refractivity contribution is 7.89. The Morgan fingerprint density at radius 2 is 2.11 bits per heavy atom. The van der Waals surface area contributed by atoms with Gasteiger partial charge in [0.1, 0.15) is 6.04 Å². The lowest BCUT2D eigenvalue weighted by Gasteiger charge is -2.13. The highest BCUT2D eigenvalue weighted by Crippen LogP contribution is 2.11. The van der Waals surface area contributed by atoms with Crippen molar-refractivity contribution in [2.45, 2.75) is 24.3 Å². The Labute approximate surface area is 105 Å². The van der Waals surface area contributed by atoms with Crippen LogP contribution in [0, 0.1) is 6.92 Å². The summed E-state index contributed by atoms with van der Waals surface area (Å²) in [6, 6.07) is 4.81. The molecule has 6 nitrogen and oxygen atoms in total. The molecule has 1 atom stereocenters. The summed E-state index contributed by atoms with van der Waals surface area (Å²) in [6.07, 6.45) is -0.180. The van der Waals surface area contributed by atoms with E-state index in [1.165, 1.54) is 12.1 Å². The average molecular weight is 273 g/mol. The van der Waals surface area contributed by atoms with Gasteiger partial charge in [0.25, 0.3) is 0 Å². The van der Waals surface area contributed by atoms with E-state index in [0.29, 0.717) is 0 Å². The number of benzene rings is 1. The molecule has 1 rings (SSSR count). The van der Waals surface area contributed by atoms with E-state index >= 15 is 0 Å². The third kappa shape index (κ3) is 3.80. The van der Waals surface area contributed by atoms with Gasteiger partial charge in [-0.3, -0.25) is 4.79 Å². The molecule has 0 saturated heterocycles.